The maximum absolute atomic E-state index is 10.2. The van der Waals surface area contributed by atoms with Crippen molar-refractivity contribution in [2.75, 3.05) is 26.4 Å². The molecule has 4 heteroatoms. The Morgan fingerprint density at radius 2 is 0.657 bits per heavy atom. The van der Waals surface area contributed by atoms with Gasteiger partial charge in [-0.05, 0) is 78.2 Å². The van der Waals surface area contributed by atoms with Gasteiger partial charge in [-0.3, -0.25) is 0 Å². The molecule has 0 bridgehead atoms. The molecule has 9 aromatic carbocycles. The van der Waals surface area contributed by atoms with Gasteiger partial charge in [0.25, 0.3) is 0 Å². The number of rotatable bonds is 16. The Bertz CT molecular complexity index is 3060. The van der Waals surface area contributed by atoms with Gasteiger partial charge in [0.15, 0.2) is 0 Å². The third-order valence-corrected chi connectivity index (χ3v) is 15.1. The van der Waals surface area contributed by atoms with Crippen molar-refractivity contribution in [3.05, 3.63) is 239 Å². The van der Waals surface area contributed by atoms with Gasteiger partial charge in [0.2, 0.25) is 0 Å². The van der Waals surface area contributed by atoms with Gasteiger partial charge < -0.3 is 19.7 Å². The molecule has 0 saturated heterocycles. The molecule has 70 heavy (non-hydrogen) atoms. The Kier molecular flexibility index (Phi) is 13.3. The molecule has 0 aromatic heterocycles. The summed E-state index contributed by atoms with van der Waals surface area (Å²) in [5.41, 5.74) is 11.5. The van der Waals surface area contributed by atoms with E-state index in [1.165, 1.54) is 22.3 Å². The van der Waals surface area contributed by atoms with Gasteiger partial charge in [-0.25, -0.2) is 0 Å². The highest BCUT2D eigenvalue weighted by Crippen LogP contribution is 2.50. The van der Waals surface area contributed by atoms with Crippen LogP contribution in [-0.2, 0) is 21.7 Å². The zero-order chi connectivity index (χ0) is 49.3. The van der Waals surface area contributed by atoms with Gasteiger partial charge in [-0.1, -0.05) is 237 Å². The van der Waals surface area contributed by atoms with Crippen molar-refractivity contribution in [2.24, 2.45) is 0 Å². The van der Waals surface area contributed by atoms with E-state index in [-0.39, 0.29) is 26.4 Å². The fraction of sp³-hybridized carbons (Fsp3) is 0.242. The fourth-order valence-corrected chi connectivity index (χ4v) is 10.5. The summed E-state index contributed by atoms with van der Waals surface area (Å²) in [6, 6.07) is 69.9. The highest BCUT2D eigenvalue weighted by Gasteiger charge is 2.36. The van der Waals surface area contributed by atoms with Gasteiger partial charge >= 0.3 is 0 Å². The monoisotopic (exact) mass is 922 g/mol. The van der Waals surface area contributed by atoms with Crippen molar-refractivity contribution in [1.82, 2.24) is 0 Å². The zero-order valence-corrected chi connectivity index (χ0v) is 42.0. The van der Waals surface area contributed by atoms with Gasteiger partial charge in [0.1, 0.15) is 24.7 Å². The van der Waals surface area contributed by atoms with Crippen LogP contribution in [0.15, 0.2) is 194 Å². The first-order chi connectivity index (χ1) is 33.7. The molecule has 0 saturated carbocycles. The highest BCUT2D eigenvalue weighted by atomic mass is 16.5. The number of hydrogen-bond donors (Lipinski definition) is 2. The van der Waals surface area contributed by atoms with E-state index in [0.29, 0.717) is 0 Å². The molecule has 354 valence electrons. The van der Waals surface area contributed by atoms with Crippen LogP contribution in [-0.4, -0.2) is 36.6 Å². The molecule has 0 unspecified atom stereocenters. The van der Waals surface area contributed by atoms with E-state index < -0.39 is 21.7 Å². The molecule has 2 N–H and O–H groups in total. The predicted molar refractivity (Wildman–Crippen MR) is 292 cm³/mol. The Morgan fingerprint density at radius 3 is 1.06 bits per heavy atom. The van der Waals surface area contributed by atoms with E-state index in [0.717, 1.165) is 77.6 Å². The first kappa shape index (κ1) is 48.1. The summed E-state index contributed by atoms with van der Waals surface area (Å²) >= 11 is 0. The largest absolute Gasteiger partial charge is 0.490 e. The van der Waals surface area contributed by atoms with E-state index in [9.17, 15) is 10.2 Å². The summed E-state index contributed by atoms with van der Waals surface area (Å²) in [5, 5.41) is 25.0. The number of aliphatic hydroxyl groups is 2. The second-order valence-corrected chi connectivity index (χ2v) is 20.8. The third-order valence-electron chi connectivity index (χ3n) is 15.1. The number of aliphatic hydroxyl groups excluding tert-OH is 2. The molecular formula is C66H66O4. The number of benzene rings is 9. The maximum Gasteiger partial charge on any atom is 0.131 e. The number of fused-ring (bicyclic) bond motifs is 2. The molecule has 9 rings (SSSR count). The average Bonchev–Trinajstić information content (AvgIpc) is 3.39. The molecule has 0 aliphatic rings. The van der Waals surface area contributed by atoms with Crippen molar-refractivity contribution >= 4 is 21.5 Å². The molecular weight excluding hydrogens is 857 g/mol. The molecule has 0 atom stereocenters. The topological polar surface area (TPSA) is 58.9 Å². The van der Waals surface area contributed by atoms with Crippen LogP contribution in [0.5, 0.6) is 11.5 Å². The zero-order valence-electron chi connectivity index (χ0n) is 42.0. The standard InChI is InChI=1S/C66H66O4/c1-63(2,51-41-57(55-34-19-24-45-22-15-17-32-53(45)55)61(69-38-36-67)59(43-51)65(5,6)47-26-11-9-12-27-47)49-30-21-31-50(40-49)64(3,4)52-42-58(56-35-20-25-46-23-16-18-33-54(46)56)62(70-39-37-68)60(44-52)66(7,8)48-28-13-10-14-29-48/h9-35,40-44,67-68H,36-39H2,1-8H3. The van der Waals surface area contributed by atoms with Crippen LogP contribution in [0.3, 0.4) is 0 Å². The minimum absolute atomic E-state index is 0.0942. The van der Waals surface area contributed by atoms with Crippen molar-refractivity contribution < 1.29 is 19.7 Å². The molecule has 0 heterocycles. The summed E-state index contributed by atoms with van der Waals surface area (Å²) in [5.74, 6) is 1.58. The third kappa shape index (κ3) is 8.92. The lowest BCUT2D eigenvalue weighted by atomic mass is 9.69. The second kappa shape index (κ2) is 19.4. The van der Waals surface area contributed by atoms with Crippen LogP contribution in [0.4, 0.5) is 0 Å². The molecule has 0 aliphatic carbocycles. The summed E-state index contributed by atoms with van der Waals surface area (Å²) in [4.78, 5) is 0. The lowest BCUT2D eigenvalue weighted by Crippen LogP contribution is -2.26. The number of hydrogen-bond acceptors (Lipinski definition) is 4. The molecule has 0 amide bonds. The summed E-state index contributed by atoms with van der Waals surface area (Å²) < 4.78 is 13.4. The smallest absolute Gasteiger partial charge is 0.131 e. The van der Waals surface area contributed by atoms with E-state index in [1.54, 1.807) is 0 Å². The molecule has 0 fully saturated rings. The Labute approximate surface area is 415 Å². The number of ether oxygens (including phenoxy) is 2. The van der Waals surface area contributed by atoms with Gasteiger partial charge in [-0.2, -0.15) is 0 Å². The van der Waals surface area contributed by atoms with Crippen molar-refractivity contribution in [2.45, 2.75) is 77.0 Å². The van der Waals surface area contributed by atoms with Crippen LogP contribution >= 0.6 is 0 Å². The molecule has 0 spiro atoms. The Hall–Kier alpha value is -6.98. The SMILES string of the molecule is CC(C)(c1cccc(C(C)(C)c2cc(-c3cccc4ccccc34)c(OCCO)c(C(C)(C)c3ccccc3)c2)c1)c1cc(-c2cccc3ccccc23)c(OCCO)c(C(C)(C)c2ccccc2)c1. The van der Waals surface area contributed by atoms with E-state index in [2.05, 4.69) is 250 Å². The van der Waals surface area contributed by atoms with Crippen LogP contribution < -0.4 is 9.47 Å². The predicted octanol–water partition coefficient (Wildman–Crippen LogP) is 15.4. The first-order valence-corrected chi connectivity index (χ1v) is 24.7. The van der Waals surface area contributed by atoms with Crippen LogP contribution in [0.25, 0.3) is 43.8 Å². The lowest BCUT2D eigenvalue weighted by Gasteiger charge is -2.35. The van der Waals surface area contributed by atoms with Crippen molar-refractivity contribution in [3.63, 3.8) is 0 Å². The first-order valence-electron chi connectivity index (χ1n) is 24.7. The molecule has 9 aromatic rings. The quantitative estimate of drug-likeness (QED) is 0.101. The lowest BCUT2D eigenvalue weighted by molar-refractivity contribution is 0.199. The highest BCUT2D eigenvalue weighted by molar-refractivity contribution is 6.00. The summed E-state index contributed by atoms with van der Waals surface area (Å²) in [7, 11) is 0. The van der Waals surface area contributed by atoms with Crippen LogP contribution in [0, 0.1) is 0 Å². The van der Waals surface area contributed by atoms with Gasteiger partial charge in [0, 0.05) is 43.9 Å². The Morgan fingerprint density at radius 1 is 0.314 bits per heavy atom. The van der Waals surface area contributed by atoms with Crippen LogP contribution in [0.2, 0.25) is 0 Å². The average molecular weight is 923 g/mol. The molecule has 0 radical (unpaired) electrons. The van der Waals surface area contributed by atoms with E-state index in [1.807, 2.05) is 0 Å². The van der Waals surface area contributed by atoms with Gasteiger partial charge in [0.05, 0.1) is 13.2 Å². The van der Waals surface area contributed by atoms with Crippen molar-refractivity contribution in [3.8, 4) is 33.8 Å². The van der Waals surface area contributed by atoms with E-state index in [4.69, 9.17) is 9.47 Å². The van der Waals surface area contributed by atoms with Gasteiger partial charge in [-0.15, -0.1) is 0 Å². The summed E-state index contributed by atoms with van der Waals surface area (Å²) in [6.45, 7) is 18.6. The van der Waals surface area contributed by atoms with Crippen molar-refractivity contribution in [1.29, 1.82) is 0 Å². The maximum atomic E-state index is 10.2. The molecule has 0 aliphatic heterocycles. The van der Waals surface area contributed by atoms with Crippen LogP contribution in [0.1, 0.15) is 99.9 Å². The Balaban J connectivity index is 1.25. The molecule has 4 nitrogen and oxygen atoms in total. The fourth-order valence-electron chi connectivity index (χ4n) is 10.5. The van der Waals surface area contributed by atoms with E-state index >= 15 is 0 Å². The minimum atomic E-state index is -0.473. The normalized spacial score (nSPS) is 12.4. The minimum Gasteiger partial charge on any atom is -0.490 e. The second-order valence-electron chi connectivity index (χ2n) is 20.8. The summed E-state index contributed by atoms with van der Waals surface area (Å²) in [6.07, 6.45) is 0.